The summed E-state index contributed by atoms with van der Waals surface area (Å²) in [5.74, 6) is -0.877. The Balaban J connectivity index is 1.33. The minimum Gasteiger partial charge on any atom is -0.325 e. The van der Waals surface area contributed by atoms with Gasteiger partial charge in [-0.15, -0.1) is 11.8 Å². The highest BCUT2D eigenvalue weighted by Crippen LogP contribution is 2.26. The highest BCUT2D eigenvalue weighted by atomic mass is 35.5. The first-order valence-corrected chi connectivity index (χ1v) is 14.9. The minimum absolute atomic E-state index is 0.0968. The van der Waals surface area contributed by atoms with Crippen LogP contribution in [0.2, 0.25) is 5.02 Å². The molecule has 0 aliphatic heterocycles. The molecular formula is C35H28ClN3O3S. The molecule has 0 radical (unpaired) electrons. The van der Waals surface area contributed by atoms with Crippen molar-refractivity contribution in [2.45, 2.75) is 11.8 Å². The van der Waals surface area contributed by atoms with E-state index in [-0.39, 0.29) is 17.4 Å². The molecule has 0 heterocycles. The van der Waals surface area contributed by atoms with Crippen LogP contribution in [0.1, 0.15) is 21.5 Å². The van der Waals surface area contributed by atoms with Gasteiger partial charge in [0.15, 0.2) is 0 Å². The number of rotatable bonds is 9. The summed E-state index contributed by atoms with van der Waals surface area (Å²) >= 11 is 7.50. The Hall–Kier alpha value is -4.85. The molecule has 0 fully saturated rings. The van der Waals surface area contributed by atoms with E-state index < -0.39 is 11.8 Å². The van der Waals surface area contributed by atoms with Gasteiger partial charge in [0.1, 0.15) is 5.70 Å². The Kier molecular flexibility index (Phi) is 9.56. The zero-order valence-electron chi connectivity index (χ0n) is 23.3. The summed E-state index contributed by atoms with van der Waals surface area (Å²) in [6.07, 6.45) is 1.68. The van der Waals surface area contributed by atoms with Gasteiger partial charge >= 0.3 is 0 Å². The van der Waals surface area contributed by atoms with Crippen LogP contribution in [0.25, 0.3) is 16.8 Å². The molecule has 0 unspecified atom stereocenters. The lowest BCUT2D eigenvalue weighted by Crippen LogP contribution is -2.30. The van der Waals surface area contributed by atoms with Crippen LogP contribution in [0.5, 0.6) is 0 Å². The topological polar surface area (TPSA) is 87.3 Å². The Morgan fingerprint density at radius 1 is 0.791 bits per heavy atom. The van der Waals surface area contributed by atoms with Gasteiger partial charge in [0.25, 0.3) is 11.8 Å². The molecule has 0 aliphatic rings. The van der Waals surface area contributed by atoms with E-state index in [0.29, 0.717) is 22.0 Å². The average molecular weight is 606 g/mol. The molecule has 5 aromatic rings. The maximum Gasteiger partial charge on any atom is 0.272 e. The first-order valence-electron chi connectivity index (χ1n) is 13.5. The Morgan fingerprint density at radius 2 is 1.51 bits per heavy atom. The predicted octanol–water partition coefficient (Wildman–Crippen LogP) is 7.94. The van der Waals surface area contributed by atoms with Crippen molar-refractivity contribution in [1.29, 1.82) is 0 Å². The van der Waals surface area contributed by atoms with Crippen LogP contribution in [0.3, 0.4) is 0 Å². The van der Waals surface area contributed by atoms with Gasteiger partial charge in [0, 0.05) is 26.9 Å². The van der Waals surface area contributed by atoms with Crippen LogP contribution in [0, 0.1) is 6.92 Å². The summed E-state index contributed by atoms with van der Waals surface area (Å²) in [5.41, 5.74) is 3.32. The molecule has 0 bridgehead atoms. The third-order valence-electron chi connectivity index (χ3n) is 6.66. The Morgan fingerprint density at radius 3 is 2.35 bits per heavy atom. The number of hydrogen-bond acceptors (Lipinski definition) is 4. The van der Waals surface area contributed by atoms with Crippen molar-refractivity contribution in [3.05, 3.63) is 143 Å². The number of benzene rings is 5. The quantitative estimate of drug-likeness (QED) is 0.118. The highest BCUT2D eigenvalue weighted by molar-refractivity contribution is 8.00. The van der Waals surface area contributed by atoms with Gasteiger partial charge in [-0.3, -0.25) is 14.4 Å². The summed E-state index contributed by atoms with van der Waals surface area (Å²) in [7, 11) is 0. The van der Waals surface area contributed by atoms with E-state index in [1.54, 1.807) is 66.7 Å². The third-order valence-corrected chi connectivity index (χ3v) is 8.06. The number of nitrogens with one attached hydrogen (secondary N) is 3. The largest absolute Gasteiger partial charge is 0.325 e. The van der Waals surface area contributed by atoms with Crippen LogP contribution in [0.4, 0.5) is 11.4 Å². The number of halogens is 1. The lowest BCUT2D eigenvalue weighted by Gasteiger charge is -2.13. The summed E-state index contributed by atoms with van der Waals surface area (Å²) in [6.45, 7) is 1.85. The molecule has 5 aromatic carbocycles. The zero-order chi connectivity index (χ0) is 30.2. The van der Waals surface area contributed by atoms with Gasteiger partial charge in [0.05, 0.1) is 5.75 Å². The zero-order valence-corrected chi connectivity index (χ0v) is 24.8. The molecule has 0 saturated carbocycles. The summed E-state index contributed by atoms with van der Waals surface area (Å²) in [6, 6.07) is 35.0. The molecule has 5 rings (SSSR count). The van der Waals surface area contributed by atoms with E-state index in [0.717, 1.165) is 26.8 Å². The van der Waals surface area contributed by atoms with Crippen LogP contribution in [-0.2, 0) is 9.59 Å². The molecule has 43 heavy (non-hydrogen) atoms. The number of carbonyl (C=O) groups is 3. The Labute approximate surface area is 259 Å². The molecule has 0 aliphatic carbocycles. The van der Waals surface area contributed by atoms with Gasteiger partial charge in [-0.1, -0.05) is 84.4 Å². The maximum absolute atomic E-state index is 13.6. The fraction of sp³-hybridized carbons (Fsp3) is 0.0571. The van der Waals surface area contributed by atoms with Crippen LogP contribution in [-0.4, -0.2) is 23.5 Å². The van der Waals surface area contributed by atoms with E-state index in [4.69, 9.17) is 11.6 Å². The van der Waals surface area contributed by atoms with Crippen LogP contribution in [0.15, 0.2) is 126 Å². The number of amides is 3. The molecule has 6 nitrogen and oxygen atoms in total. The van der Waals surface area contributed by atoms with Gasteiger partial charge in [-0.2, -0.15) is 0 Å². The predicted molar refractivity (Wildman–Crippen MR) is 176 cm³/mol. The van der Waals surface area contributed by atoms with Gasteiger partial charge in [-0.05, 0) is 77.4 Å². The first-order chi connectivity index (χ1) is 20.9. The first kappa shape index (κ1) is 29.6. The standard InChI is InChI=1S/C35H28ClN3O3S/c1-23-30(36)18-9-19-31(23)38-33(40)22-43-28-16-8-15-27(21-28)37-35(42)32(39-34(41)25-11-3-2-4-12-25)20-26-14-7-13-24-10-5-6-17-29(24)26/h2-21H,22H2,1H3,(H,37,42)(H,38,40)(H,39,41)/b32-20+. The molecule has 0 saturated heterocycles. The molecular weight excluding hydrogens is 578 g/mol. The summed E-state index contributed by atoms with van der Waals surface area (Å²) in [4.78, 5) is 40.0. The van der Waals surface area contributed by atoms with Crippen molar-refractivity contribution >= 4 is 69.3 Å². The Bertz CT molecular complexity index is 1830. The molecule has 3 amide bonds. The number of carbonyl (C=O) groups excluding carboxylic acids is 3. The van der Waals surface area contributed by atoms with E-state index in [2.05, 4.69) is 16.0 Å². The molecule has 214 valence electrons. The molecule has 0 atom stereocenters. The second-order valence-electron chi connectivity index (χ2n) is 9.68. The SMILES string of the molecule is Cc1c(Cl)cccc1NC(=O)CSc1cccc(NC(=O)/C(=C\c2cccc3ccccc23)NC(=O)c2ccccc2)c1. The monoisotopic (exact) mass is 605 g/mol. The van der Waals surface area contributed by atoms with Gasteiger partial charge in [0.2, 0.25) is 5.91 Å². The second-order valence-corrected chi connectivity index (χ2v) is 11.1. The van der Waals surface area contributed by atoms with Gasteiger partial charge < -0.3 is 16.0 Å². The third kappa shape index (κ3) is 7.71. The maximum atomic E-state index is 13.6. The van der Waals surface area contributed by atoms with Crippen molar-refractivity contribution in [1.82, 2.24) is 5.32 Å². The van der Waals surface area contributed by atoms with Crippen LogP contribution >= 0.6 is 23.4 Å². The van der Waals surface area contributed by atoms with Crippen molar-refractivity contribution in [3.8, 4) is 0 Å². The normalized spacial score (nSPS) is 11.2. The summed E-state index contributed by atoms with van der Waals surface area (Å²) < 4.78 is 0. The van der Waals surface area contributed by atoms with Gasteiger partial charge in [-0.25, -0.2) is 0 Å². The second kappa shape index (κ2) is 13.9. The average Bonchev–Trinajstić information content (AvgIpc) is 3.02. The smallest absolute Gasteiger partial charge is 0.272 e. The van der Waals surface area contributed by atoms with Crippen molar-refractivity contribution in [3.63, 3.8) is 0 Å². The van der Waals surface area contributed by atoms with E-state index >= 15 is 0 Å². The van der Waals surface area contributed by atoms with Crippen LogP contribution < -0.4 is 16.0 Å². The number of thioether (sulfide) groups is 1. The van der Waals surface area contributed by atoms with E-state index in [1.165, 1.54) is 11.8 Å². The fourth-order valence-corrected chi connectivity index (χ4v) is 5.34. The van der Waals surface area contributed by atoms with E-state index in [1.807, 2.05) is 61.5 Å². The lowest BCUT2D eigenvalue weighted by molar-refractivity contribution is -0.114. The summed E-state index contributed by atoms with van der Waals surface area (Å²) in [5, 5.41) is 11.1. The molecule has 0 aromatic heterocycles. The number of anilines is 2. The molecule has 3 N–H and O–H groups in total. The highest BCUT2D eigenvalue weighted by Gasteiger charge is 2.16. The van der Waals surface area contributed by atoms with Crippen molar-refractivity contribution in [2.24, 2.45) is 0 Å². The fourth-order valence-electron chi connectivity index (χ4n) is 4.41. The lowest BCUT2D eigenvalue weighted by atomic mass is 10.0. The molecule has 0 spiro atoms. The number of fused-ring (bicyclic) bond motifs is 1. The minimum atomic E-state index is -0.478. The number of hydrogen-bond donors (Lipinski definition) is 3. The molecule has 8 heteroatoms. The van der Waals surface area contributed by atoms with E-state index in [9.17, 15) is 14.4 Å². The van der Waals surface area contributed by atoms with Crippen molar-refractivity contribution < 1.29 is 14.4 Å². The van der Waals surface area contributed by atoms with Crippen molar-refractivity contribution in [2.75, 3.05) is 16.4 Å².